The van der Waals surface area contributed by atoms with Crippen LogP contribution in [-0.2, 0) is 4.79 Å². The Kier molecular flexibility index (Phi) is 4.71. The van der Waals surface area contributed by atoms with Gasteiger partial charge in [-0.3, -0.25) is 9.59 Å². The number of carboxylic acid groups (broad SMARTS) is 1. The standard InChI is InChI=1S/C15H16N2O4/c1-10-13(14(20)16-9-5-8-12(18)19)17-15(21-10)11-6-3-2-4-7-11/h2-4,6-7H,5,8-9H2,1H3,(H,16,20)(H,18,19). The number of hydrogen-bond donors (Lipinski definition) is 2. The molecule has 0 unspecified atom stereocenters. The first-order valence-corrected chi connectivity index (χ1v) is 6.61. The highest BCUT2D eigenvalue weighted by molar-refractivity contribution is 5.93. The molecule has 0 aliphatic carbocycles. The fraction of sp³-hybridized carbons (Fsp3) is 0.267. The lowest BCUT2D eigenvalue weighted by atomic mass is 10.2. The van der Waals surface area contributed by atoms with Crippen molar-refractivity contribution >= 4 is 11.9 Å². The number of hydrogen-bond acceptors (Lipinski definition) is 4. The number of carbonyl (C=O) groups excluding carboxylic acids is 1. The van der Waals surface area contributed by atoms with E-state index in [0.717, 1.165) is 5.56 Å². The third kappa shape index (κ3) is 3.92. The molecule has 0 aliphatic heterocycles. The number of nitrogens with zero attached hydrogens (tertiary/aromatic N) is 1. The van der Waals surface area contributed by atoms with Gasteiger partial charge in [0.2, 0.25) is 5.89 Å². The van der Waals surface area contributed by atoms with E-state index >= 15 is 0 Å². The van der Waals surface area contributed by atoms with Crippen molar-refractivity contribution in [2.45, 2.75) is 19.8 Å². The zero-order valence-corrected chi connectivity index (χ0v) is 11.6. The van der Waals surface area contributed by atoms with E-state index in [-0.39, 0.29) is 24.6 Å². The summed E-state index contributed by atoms with van der Waals surface area (Å²) in [6.45, 7) is 1.96. The highest BCUT2D eigenvalue weighted by Gasteiger charge is 2.17. The van der Waals surface area contributed by atoms with Gasteiger partial charge in [0.05, 0.1) is 0 Å². The summed E-state index contributed by atoms with van der Waals surface area (Å²) >= 11 is 0. The van der Waals surface area contributed by atoms with Crippen LogP contribution in [0.3, 0.4) is 0 Å². The van der Waals surface area contributed by atoms with Crippen LogP contribution in [-0.4, -0.2) is 28.5 Å². The van der Waals surface area contributed by atoms with E-state index in [1.54, 1.807) is 6.92 Å². The van der Waals surface area contributed by atoms with Gasteiger partial charge in [-0.15, -0.1) is 0 Å². The molecular weight excluding hydrogens is 272 g/mol. The van der Waals surface area contributed by atoms with Crippen LogP contribution in [0.1, 0.15) is 29.1 Å². The lowest BCUT2D eigenvalue weighted by molar-refractivity contribution is -0.137. The molecule has 0 bridgehead atoms. The molecule has 6 nitrogen and oxygen atoms in total. The Morgan fingerprint density at radius 2 is 2.00 bits per heavy atom. The molecule has 6 heteroatoms. The molecule has 1 amide bonds. The molecule has 2 aromatic rings. The van der Waals surface area contributed by atoms with Gasteiger partial charge in [-0.25, -0.2) is 4.98 Å². The van der Waals surface area contributed by atoms with E-state index in [1.807, 2.05) is 30.3 Å². The molecule has 0 fully saturated rings. The van der Waals surface area contributed by atoms with Crippen molar-refractivity contribution in [1.29, 1.82) is 0 Å². The van der Waals surface area contributed by atoms with Crippen LogP contribution in [0, 0.1) is 6.92 Å². The lowest BCUT2D eigenvalue weighted by Crippen LogP contribution is -2.25. The molecule has 2 N–H and O–H groups in total. The van der Waals surface area contributed by atoms with E-state index < -0.39 is 5.97 Å². The van der Waals surface area contributed by atoms with Crippen molar-refractivity contribution in [1.82, 2.24) is 10.3 Å². The quantitative estimate of drug-likeness (QED) is 0.795. The van der Waals surface area contributed by atoms with Crippen LogP contribution in [0.15, 0.2) is 34.7 Å². The Labute approximate surface area is 121 Å². The second-order valence-corrected chi connectivity index (χ2v) is 4.54. The van der Waals surface area contributed by atoms with Crippen LogP contribution < -0.4 is 5.32 Å². The van der Waals surface area contributed by atoms with Gasteiger partial charge in [-0.05, 0) is 25.5 Å². The minimum Gasteiger partial charge on any atom is -0.481 e. The molecule has 0 spiro atoms. The van der Waals surface area contributed by atoms with Gasteiger partial charge in [0, 0.05) is 18.5 Å². The largest absolute Gasteiger partial charge is 0.481 e. The van der Waals surface area contributed by atoms with Gasteiger partial charge in [0.25, 0.3) is 5.91 Å². The summed E-state index contributed by atoms with van der Waals surface area (Å²) in [5.74, 6) is -0.412. The molecule has 1 aromatic heterocycles. The molecule has 0 aliphatic rings. The van der Waals surface area contributed by atoms with Crippen LogP contribution in [0.5, 0.6) is 0 Å². The average molecular weight is 288 g/mol. The monoisotopic (exact) mass is 288 g/mol. The van der Waals surface area contributed by atoms with E-state index in [0.29, 0.717) is 18.1 Å². The van der Waals surface area contributed by atoms with Crippen molar-refractivity contribution in [2.24, 2.45) is 0 Å². The summed E-state index contributed by atoms with van der Waals surface area (Å²) in [6, 6.07) is 9.30. The lowest BCUT2D eigenvalue weighted by Gasteiger charge is -2.01. The smallest absolute Gasteiger partial charge is 0.303 e. The number of amides is 1. The van der Waals surface area contributed by atoms with Gasteiger partial charge in [0.15, 0.2) is 5.69 Å². The predicted molar refractivity (Wildman–Crippen MR) is 75.9 cm³/mol. The van der Waals surface area contributed by atoms with Crippen molar-refractivity contribution in [3.63, 3.8) is 0 Å². The van der Waals surface area contributed by atoms with Gasteiger partial charge in [0.1, 0.15) is 5.76 Å². The molecule has 2 rings (SSSR count). The number of benzene rings is 1. The molecule has 21 heavy (non-hydrogen) atoms. The average Bonchev–Trinajstić information content (AvgIpc) is 2.86. The molecule has 1 aromatic carbocycles. The normalized spacial score (nSPS) is 10.3. The Morgan fingerprint density at radius 1 is 1.29 bits per heavy atom. The number of carbonyl (C=O) groups is 2. The molecule has 0 radical (unpaired) electrons. The Morgan fingerprint density at radius 3 is 2.67 bits per heavy atom. The van der Waals surface area contributed by atoms with Crippen molar-refractivity contribution in [3.8, 4) is 11.5 Å². The van der Waals surface area contributed by atoms with Crippen LogP contribution in [0.25, 0.3) is 11.5 Å². The van der Waals surface area contributed by atoms with E-state index in [4.69, 9.17) is 9.52 Å². The summed E-state index contributed by atoms with van der Waals surface area (Å²) in [6.07, 6.45) is 0.400. The minimum absolute atomic E-state index is 0.0212. The predicted octanol–water partition coefficient (Wildman–Crippen LogP) is 2.24. The molecule has 0 atom stereocenters. The van der Waals surface area contributed by atoms with E-state index in [1.165, 1.54) is 0 Å². The SMILES string of the molecule is Cc1oc(-c2ccccc2)nc1C(=O)NCCCC(=O)O. The first kappa shape index (κ1) is 14.8. The third-order valence-electron chi connectivity index (χ3n) is 2.89. The molecule has 0 saturated heterocycles. The van der Waals surface area contributed by atoms with E-state index in [2.05, 4.69) is 10.3 Å². The van der Waals surface area contributed by atoms with Gasteiger partial charge < -0.3 is 14.8 Å². The maximum atomic E-state index is 12.0. The second kappa shape index (κ2) is 6.69. The molecule has 110 valence electrons. The van der Waals surface area contributed by atoms with E-state index in [9.17, 15) is 9.59 Å². The van der Waals surface area contributed by atoms with Crippen LogP contribution in [0.2, 0.25) is 0 Å². The number of carboxylic acids is 1. The molecule has 1 heterocycles. The highest BCUT2D eigenvalue weighted by Crippen LogP contribution is 2.21. The Hall–Kier alpha value is -2.63. The number of aryl methyl sites for hydroxylation is 1. The van der Waals surface area contributed by atoms with Crippen LogP contribution >= 0.6 is 0 Å². The van der Waals surface area contributed by atoms with Crippen molar-refractivity contribution < 1.29 is 19.1 Å². The third-order valence-corrected chi connectivity index (χ3v) is 2.89. The van der Waals surface area contributed by atoms with Crippen molar-refractivity contribution in [2.75, 3.05) is 6.54 Å². The summed E-state index contributed by atoms with van der Waals surface area (Å²) in [7, 11) is 0. The highest BCUT2D eigenvalue weighted by atomic mass is 16.4. The Balaban J connectivity index is 2.02. The van der Waals surface area contributed by atoms with Crippen molar-refractivity contribution in [3.05, 3.63) is 41.8 Å². The van der Waals surface area contributed by atoms with Gasteiger partial charge in [-0.2, -0.15) is 0 Å². The second-order valence-electron chi connectivity index (χ2n) is 4.54. The zero-order valence-electron chi connectivity index (χ0n) is 11.6. The molecule has 0 saturated carbocycles. The Bertz CT molecular complexity index is 634. The number of oxazole rings is 1. The zero-order chi connectivity index (χ0) is 15.2. The number of aliphatic carboxylic acids is 1. The fourth-order valence-electron chi connectivity index (χ4n) is 1.84. The first-order valence-electron chi connectivity index (χ1n) is 6.61. The maximum Gasteiger partial charge on any atom is 0.303 e. The fourth-order valence-corrected chi connectivity index (χ4v) is 1.84. The summed E-state index contributed by atoms with van der Waals surface area (Å²) < 4.78 is 5.50. The number of rotatable bonds is 6. The summed E-state index contributed by atoms with van der Waals surface area (Å²) in [5.41, 5.74) is 1.02. The first-order chi connectivity index (χ1) is 10.1. The van der Waals surface area contributed by atoms with Crippen LogP contribution in [0.4, 0.5) is 0 Å². The van der Waals surface area contributed by atoms with Gasteiger partial charge >= 0.3 is 5.97 Å². The minimum atomic E-state index is -0.881. The number of aromatic nitrogens is 1. The summed E-state index contributed by atoms with van der Waals surface area (Å²) in [5, 5.41) is 11.2. The summed E-state index contributed by atoms with van der Waals surface area (Å²) in [4.78, 5) is 26.6. The van der Waals surface area contributed by atoms with Gasteiger partial charge in [-0.1, -0.05) is 18.2 Å². The molecular formula is C15H16N2O4. The maximum absolute atomic E-state index is 12.0. The topological polar surface area (TPSA) is 92.4 Å². The number of nitrogens with one attached hydrogen (secondary N) is 1.